The molecule has 4 heteroatoms. The fourth-order valence-corrected chi connectivity index (χ4v) is 6.12. The molecular weight excluding hydrogens is 427 g/mol. The van der Waals surface area contributed by atoms with Gasteiger partial charge in [0, 0.05) is 0 Å². The Balaban J connectivity index is 3.99. The molecule has 196 valence electrons. The van der Waals surface area contributed by atoms with Crippen LogP contribution in [0.2, 0.25) is 0 Å². The van der Waals surface area contributed by atoms with Crippen molar-refractivity contribution in [2.45, 2.75) is 137 Å². The molecule has 0 rings (SSSR count). The van der Waals surface area contributed by atoms with Gasteiger partial charge in [-0.15, -0.1) is 0 Å². The zero-order valence-electron chi connectivity index (χ0n) is 22.9. The molecule has 0 aliphatic carbocycles. The molecule has 0 aliphatic heterocycles. The largest absolute Gasteiger partial charge is 0.331 e. The summed E-state index contributed by atoms with van der Waals surface area (Å²) in [6, 6.07) is 0. The lowest BCUT2D eigenvalue weighted by Crippen LogP contribution is -2.19. The Morgan fingerprint density at radius 2 is 1.12 bits per heavy atom. The Labute approximate surface area is 207 Å². The maximum atomic E-state index is 13.3. The van der Waals surface area contributed by atoms with Gasteiger partial charge in [-0.2, -0.15) is 0 Å². The maximum absolute atomic E-state index is 13.3. The number of allylic oxidation sites excluding steroid dienone is 4. The lowest BCUT2D eigenvalue weighted by Gasteiger charge is -2.29. The highest BCUT2D eigenvalue weighted by molar-refractivity contribution is 7.53. The minimum absolute atomic E-state index is 0.0131. The van der Waals surface area contributed by atoms with Crippen LogP contribution in [-0.2, 0) is 13.6 Å². The molecule has 33 heavy (non-hydrogen) atoms. The summed E-state index contributed by atoms with van der Waals surface area (Å²) in [6.07, 6.45) is 28.7. The molecule has 0 radical (unpaired) electrons. The van der Waals surface area contributed by atoms with Crippen LogP contribution >= 0.6 is 7.60 Å². The molecule has 0 unspecified atom stereocenters. The fraction of sp³-hybridized carbons (Fsp3) is 0.862. The molecule has 0 heterocycles. The van der Waals surface area contributed by atoms with Crippen molar-refractivity contribution < 1.29 is 13.6 Å². The Morgan fingerprint density at radius 1 is 0.636 bits per heavy atom. The first kappa shape index (κ1) is 32.6. The Bertz CT molecular complexity index is 511. The van der Waals surface area contributed by atoms with E-state index >= 15 is 0 Å². The van der Waals surface area contributed by atoms with E-state index in [4.69, 9.17) is 9.05 Å². The predicted octanol–water partition coefficient (Wildman–Crippen LogP) is 10.7. The molecule has 0 aliphatic rings. The van der Waals surface area contributed by atoms with Crippen LogP contribution in [0.3, 0.4) is 0 Å². The van der Waals surface area contributed by atoms with E-state index in [0.29, 0.717) is 19.4 Å². The summed E-state index contributed by atoms with van der Waals surface area (Å²) in [7, 11) is -3.00. The average molecular weight is 485 g/mol. The Morgan fingerprint density at radius 3 is 1.67 bits per heavy atom. The maximum Gasteiger partial charge on any atom is 0.331 e. The molecule has 0 amide bonds. The van der Waals surface area contributed by atoms with E-state index in [1.165, 1.54) is 64.2 Å². The number of unbranched alkanes of at least 4 members (excludes halogenated alkanes) is 10. The van der Waals surface area contributed by atoms with Crippen LogP contribution in [0.25, 0.3) is 0 Å². The molecule has 0 aromatic heterocycles. The van der Waals surface area contributed by atoms with E-state index in [1.54, 1.807) is 0 Å². The molecule has 0 saturated carbocycles. The minimum atomic E-state index is -3.00. The van der Waals surface area contributed by atoms with Crippen molar-refractivity contribution in [3.63, 3.8) is 0 Å². The van der Waals surface area contributed by atoms with Crippen LogP contribution in [-0.4, -0.2) is 19.4 Å². The van der Waals surface area contributed by atoms with Crippen molar-refractivity contribution in [1.29, 1.82) is 0 Å². The summed E-state index contributed by atoms with van der Waals surface area (Å²) in [4.78, 5) is 0. The standard InChI is InChI=1S/C29H57O3P/c1-6-9-12-13-14-15-16-17-18-19-20-21-22-23-24-25-29(4,5)28-33(30,31-26-10-7-2)32-27-11-8-3/h14-15,17-18H,6-13,16,19-28H2,1-5H3/b15-14-,18-17-. The third-order valence-electron chi connectivity index (χ3n) is 6.00. The third-order valence-corrected chi connectivity index (χ3v) is 8.39. The van der Waals surface area contributed by atoms with Crippen molar-refractivity contribution in [3.05, 3.63) is 24.3 Å². The van der Waals surface area contributed by atoms with Crippen LogP contribution < -0.4 is 0 Å². The highest BCUT2D eigenvalue weighted by Crippen LogP contribution is 2.53. The molecule has 0 spiro atoms. The summed E-state index contributed by atoms with van der Waals surface area (Å²) in [5.41, 5.74) is -0.0131. The first-order valence-electron chi connectivity index (χ1n) is 14.1. The van der Waals surface area contributed by atoms with E-state index in [9.17, 15) is 4.57 Å². The van der Waals surface area contributed by atoms with Gasteiger partial charge in [0.15, 0.2) is 0 Å². The minimum Gasteiger partial charge on any atom is -0.309 e. The Hall–Kier alpha value is -0.370. The van der Waals surface area contributed by atoms with E-state index in [-0.39, 0.29) is 5.41 Å². The summed E-state index contributed by atoms with van der Waals surface area (Å²) in [5.74, 6) is 0. The quantitative estimate of drug-likeness (QED) is 0.0776. The number of hydrogen-bond acceptors (Lipinski definition) is 3. The van der Waals surface area contributed by atoms with Crippen LogP contribution in [0.1, 0.15) is 137 Å². The second-order valence-corrected chi connectivity index (χ2v) is 12.3. The smallest absolute Gasteiger partial charge is 0.309 e. The molecule has 0 N–H and O–H groups in total. The van der Waals surface area contributed by atoms with Crippen molar-refractivity contribution in [2.24, 2.45) is 5.41 Å². The van der Waals surface area contributed by atoms with Gasteiger partial charge in [-0.05, 0) is 56.8 Å². The molecule has 0 aromatic rings. The topological polar surface area (TPSA) is 35.5 Å². The lowest BCUT2D eigenvalue weighted by molar-refractivity contribution is 0.187. The zero-order valence-corrected chi connectivity index (χ0v) is 23.8. The fourth-order valence-electron chi connectivity index (χ4n) is 3.84. The Kier molecular flexibility index (Phi) is 21.9. The number of hydrogen-bond donors (Lipinski definition) is 0. The normalized spacial score (nSPS) is 13.0. The summed E-state index contributed by atoms with van der Waals surface area (Å²) < 4.78 is 24.9. The van der Waals surface area contributed by atoms with Gasteiger partial charge in [0.05, 0.1) is 19.4 Å². The highest BCUT2D eigenvalue weighted by Gasteiger charge is 2.33. The van der Waals surface area contributed by atoms with Crippen molar-refractivity contribution >= 4 is 7.60 Å². The number of rotatable bonds is 24. The SMILES string of the molecule is CCCCC/C=C\C/C=C\CCCCCCCC(C)(C)CP(=O)(OCCCC)OCCCC. The van der Waals surface area contributed by atoms with Crippen molar-refractivity contribution in [1.82, 2.24) is 0 Å². The second kappa shape index (κ2) is 22.1. The van der Waals surface area contributed by atoms with Crippen LogP contribution in [0, 0.1) is 5.41 Å². The van der Waals surface area contributed by atoms with Gasteiger partial charge in [0.2, 0.25) is 0 Å². The molecule has 0 aromatic carbocycles. The van der Waals surface area contributed by atoms with Crippen LogP contribution in [0.5, 0.6) is 0 Å². The van der Waals surface area contributed by atoms with Gasteiger partial charge in [-0.25, -0.2) is 0 Å². The van der Waals surface area contributed by atoms with Gasteiger partial charge < -0.3 is 9.05 Å². The monoisotopic (exact) mass is 484 g/mol. The van der Waals surface area contributed by atoms with Crippen LogP contribution in [0.4, 0.5) is 0 Å². The molecular formula is C29H57O3P. The predicted molar refractivity (Wildman–Crippen MR) is 147 cm³/mol. The summed E-state index contributed by atoms with van der Waals surface area (Å²) in [5, 5.41) is 0. The molecule has 0 saturated heterocycles. The van der Waals surface area contributed by atoms with Crippen molar-refractivity contribution in [2.75, 3.05) is 19.4 Å². The first-order chi connectivity index (χ1) is 15.9. The molecule has 0 fully saturated rings. The van der Waals surface area contributed by atoms with Crippen LogP contribution in [0.15, 0.2) is 24.3 Å². The van der Waals surface area contributed by atoms with E-state index in [1.807, 2.05) is 0 Å². The van der Waals surface area contributed by atoms with E-state index < -0.39 is 7.60 Å². The van der Waals surface area contributed by atoms with Gasteiger partial charge in [-0.3, -0.25) is 4.57 Å². The zero-order chi connectivity index (χ0) is 24.7. The average Bonchev–Trinajstić information content (AvgIpc) is 2.76. The molecule has 0 atom stereocenters. The van der Waals surface area contributed by atoms with Gasteiger partial charge in [0.25, 0.3) is 0 Å². The van der Waals surface area contributed by atoms with E-state index in [2.05, 4.69) is 58.9 Å². The molecule has 0 bridgehead atoms. The van der Waals surface area contributed by atoms with Gasteiger partial charge >= 0.3 is 7.60 Å². The van der Waals surface area contributed by atoms with E-state index in [0.717, 1.165) is 38.5 Å². The molecule has 3 nitrogen and oxygen atoms in total. The van der Waals surface area contributed by atoms with Gasteiger partial charge in [0.1, 0.15) is 0 Å². The van der Waals surface area contributed by atoms with Crippen molar-refractivity contribution in [3.8, 4) is 0 Å². The third kappa shape index (κ3) is 21.9. The summed E-state index contributed by atoms with van der Waals surface area (Å²) in [6.45, 7) is 12.0. The summed E-state index contributed by atoms with van der Waals surface area (Å²) >= 11 is 0. The first-order valence-corrected chi connectivity index (χ1v) is 15.8. The van der Waals surface area contributed by atoms with Gasteiger partial charge in [-0.1, -0.05) is 110 Å². The lowest BCUT2D eigenvalue weighted by atomic mass is 9.89. The second-order valence-electron chi connectivity index (χ2n) is 10.3. The highest BCUT2D eigenvalue weighted by atomic mass is 31.2.